The Balaban J connectivity index is 2.25. The number of aryl methyl sites for hydroxylation is 3. The zero-order chi connectivity index (χ0) is 12.0. The van der Waals surface area contributed by atoms with Crippen LogP contribution < -0.4 is 5.32 Å². The van der Waals surface area contributed by atoms with Gasteiger partial charge in [0, 0.05) is 19.9 Å². The molecule has 1 aromatic carbocycles. The molecule has 0 unspecified atom stereocenters. The molecule has 17 heavy (non-hydrogen) atoms. The second kappa shape index (κ2) is 3.58. The van der Waals surface area contributed by atoms with E-state index in [0.717, 1.165) is 41.1 Å². The van der Waals surface area contributed by atoms with Gasteiger partial charge in [-0.15, -0.1) is 0 Å². The molecule has 3 rings (SSSR count). The molecule has 0 atom stereocenters. The second-order valence-electron chi connectivity index (χ2n) is 4.64. The third-order valence-corrected chi connectivity index (χ3v) is 3.17. The lowest BCUT2D eigenvalue weighted by Gasteiger charge is -2.06. The first-order valence-electron chi connectivity index (χ1n) is 5.92. The van der Waals surface area contributed by atoms with Gasteiger partial charge in [0.25, 0.3) is 0 Å². The number of hydrogen-bond donors (Lipinski definition) is 1. The van der Waals surface area contributed by atoms with Crippen LogP contribution in [0, 0.1) is 6.92 Å². The molecule has 4 nitrogen and oxygen atoms in total. The Bertz CT molecular complexity index is 613. The number of amides is 1. The van der Waals surface area contributed by atoms with Gasteiger partial charge >= 0.3 is 0 Å². The summed E-state index contributed by atoms with van der Waals surface area (Å²) >= 11 is 0. The van der Waals surface area contributed by atoms with Gasteiger partial charge in [-0.3, -0.25) is 4.79 Å². The molecule has 0 saturated heterocycles. The predicted octanol–water partition coefficient (Wildman–Crippen LogP) is 2.25. The number of carbonyl (C=O) groups is 1. The molecule has 0 spiro atoms. The molecule has 1 aromatic heterocycles. The van der Waals surface area contributed by atoms with Crippen molar-refractivity contribution in [2.45, 2.75) is 33.2 Å². The average Bonchev–Trinajstić information content (AvgIpc) is 2.78. The van der Waals surface area contributed by atoms with Crippen molar-refractivity contribution in [3.8, 4) is 0 Å². The first kappa shape index (κ1) is 10.3. The zero-order valence-electron chi connectivity index (χ0n) is 10.1. The third kappa shape index (κ3) is 1.60. The van der Waals surface area contributed by atoms with E-state index in [-0.39, 0.29) is 5.91 Å². The molecule has 1 N–H and O–H groups in total. The standard InChI is InChI=1S/C13H15N3O/c1-8-6-10(14-9(2)17)13-11(7-8)16-5-3-4-12(16)15-13/h6-7H,3-5H2,1-2H3,(H,14,17). The molecular formula is C13H15N3O. The number of nitrogens with one attached hydrogen (secondary N) is 1. The number of aromatic nitrogens is 2. The summed E-state index contributed by atoms with van der Waals surface area (Å²) in [6.45, 7) is 4.60. The Morgan fingerprint density at radius 2 is 2.29 bits per heavy atom. The smallest absolute Gasteiger partial charge is 0.221 e. The molecule has 1 amide bonds. The van der Waals surface area contributed by atoms with Gasteiger partial charge in [-0.1, -0.05) is 0 Å². The van der Waals surface area contributed by atoms with Crippen LogP contribution >= 0.6 is 0 Å². The van der Waals surface area contributed by atoms with Crippen molar-refractivity contribution in [3.63, 3.8) is 0 Å². The number of benzene rings is 1. The minimum atomic E-state index is -0.0509. The number of hydrogen-bond acceptors (Lipinski definition) is 2. The van der Waals surface area contributed by atoms with Gasteiger partial charge in [0.05, 0.1) is 11.2 Å². The van der Waals surface area contributed by atoms with Crippen LogP contribution in [0.4, 0.5) is 5.69 Å². The lowest BCUT2D eigenvalue weighted by Crippen LogP contribution is -2.06. The summed E-state index contributed by atoms with van der Waals surface area (Å²) in [5.74, 6) is 1.09. The number of fused-ring (bicyclic) bond motifs is 3. The van der Waals surface area contributed by atoms with Gasteiger partial charge in [0.1, 0.15) is 11.3 Å². The molecule has 1 aliphatic rings. The maximum absolute atomic E-state index is 11.2. The molecule has 0 bridgehead atoms. The maximum Gasteiger partial charge on any atom is 0.221 e. The van der Waals surface area contributed by atoms with E-state index in [4.69, 9.17) is 0 Å². The lowest BCUT2D eigenvalue weighted by atomic mass is 10.2. The van der Waals surface area contributed by atoms with Crippen LogP contribution in [0.2, 0.25) is 0 Å². The highest BCUT2D eigenvalue weighted by molar-refractivity contribution is 5.99. The van der Waals surface area contributed by atoms with Crippen LogP contribution in [0.1, 0.15) is 24.7 Å². The highest BCUT2D eigenvalue weighted by atomic mass is 16.1. The Hall–Kier alpha value is -1.84. The SMILES string of the molecule is CC(=O)Nc1cc(C)cc2c1nc1n2CCC1. The topological polar surface area (TPSA) is 46.9 Å². The second-order valence-corrected chi connectivity index (χ2v) is 4.64. The highest BCUT2D eigenvalue weighted by Crippen LogP contribution is 2.29. The van der Waals surface area contributed by atoms with Crippen molar-refractivity contribution in [2.75, 3.05) is 5.32 Å². The Kier molecular flexibility index (Phi) is 2.18. The van der Waals surface area contributed by atoms with Crippen LogP contribution in [-0.4, -0.2) is 15.5 Å². The van der Waals surface area contributed by atoms with Gasteiger partial charge in [0.2, 0.25) is 5.91 Å². The third-order valence-electron chi connectivity index (χ3n) is 3.17. The Morgan fingerprint density at radius 3 is 3.06 bits per heavy atom. The monoisotopic (exact) mass is 229 g/mol. The van der Waals surface area contributed by atoms with Crippen LogP contribution in [0.15, 0.2) is 12.1 Å². The van der Waals surface area contributed by atoms with E-state index in [1.165, 1.54) is 13.3 Å². The molecule has 0 aliphatic carbocycles. The summed E-state index contributed by atoms with van der Waals surface area (Å²) in [7, 11) is 0. The fourth-order valence-corrected chi connectivity index (χ4v) is 2.53. The van der Waals surface area contributed by atoms with Crippen molar-refractivity contribution < 1.29 is 4.79 Å². The number of anilines is 1. The number of carbonyl (C=O) groups excluding carboxylic acids is 1. The summed E-state index contributed by atoms with van der Waals surface area (Å²) in [6, 6.07) is 4.12. The molecule has 1 aliphatic heterocycles. The van der Waals surface area contributed by atoms with Gasteiger partial charge in [-0.05, 0) is 31.0 Å². The van der Waals surface area contributed by atoms with Crippen molar-refractivity contribution in [3.05, 3.63) is 23.5 Å². The van der Waals surface area contributed by atoms with Crippen LogP contribution in [0.3, 0.4) is 0 Å². The summed E-state index contributed by atoms with van der Waals surface area (Å²) in [5, 5.41) is 2.86. The predicted molar refractivity (Wildman–Crippen MR) is 67.1 cm³/mol. The summed E-state index contributed by atoms with van der Waals surface area (Å²) in [4.78, 5) is 15.8. The molecular weight excluding hydrogens is 214 g/mol. The summed E-state index contributed by atoms with van der Waals surface area (Å²) in [6.07, 6.45) is 2.20. The van der Waals surface area contributed by atoms with E-state index in [0.29, 0.717) is 0 Å². The van der Waals surface area contributed by atoms with Crippen molar-refractivity contribution in [1.82, 2.24) is 9.55 Å². The van der Waals surface area contributed by atoms with E-state index in [9.17, 15) is 4.79 Å². The fraction of sp³-hybridized carbons (Fsp3) is 0.385. The van der Waals surface area contributed by atoms with Crippen molar-refractivity contribution in [1.29, 1.82) is 0 Å². The fourth-order valence-electron chi connectivity index (χ4n) is 2.53. The normalized spacial score (nSPS) is 14.0. The van der Waals surface area contributed by atoms with Crippen LogP contribution in [-0.2, 0) is 17.8 Å². The summed E-state index contributed by atoms with van der Waals surface area (Å²) < 4.78 is 2.26. The van der Waals surface area contributed by atoms with Crippen LogP contribution in [0.25, 0.3) is 11.0 Å². The molecule has 2 aromatic rings. The first-order chi connectivity index (χ1) is 8.15. The van der Waals surface area contributed by atoms with E-state index in [2.05, 4.69) is 20.9 Å². The quantitative estimate of drug-likeness (QED) is 0.815. The summed E-state index contributed by atoms with van der Waals surface area (Å²) in [5.41, 5.74) is 4.03. The Morgan fingerprint density at radius 1 is 1.47 bits per heavy atom. The van der Waals surface area contributed by atoms with E-state index < -0.39 is 0 Å². The zero-order valence-corrected chi connectivity index (χ0v) is 10.1. The van der Waals surface area contributed by atoms with Gasteiger partial charge < -0.3 is 9.88 Å². The van der Waals surface area contributed by atoms with E-state index in [1.54, 1.807) is 0 Å². The minimum Gasteiger partial charge on any atom is -0.328 e. The first-order valence-corrected chi connectivity index (χ1v) is 5.92. The molecule has 88 valence electrons. The van der Waals surface area contributed by atoms with Gasteiger partial charge in [0.15, 0.2) is 0 Å². The largest absolute Gasteiger partial charge is 0.328 e. The van der Waals surface area contributed by atoms with Crippen molar-refractivity contribution in [2.24, 2.45) is 0 Å². The van der Waals surface area contributed by atoms with Crippen LogP contribution in [0.5, 0.6) is 0 Å². The van der Waals surface area contributed by atoms with Crippen molar-refractivity contribution >= 4 is 22.6 Å². The average molecular weight is 229 g/mol. The minimum absolute atomic E-state index is 0.0509. The maximum atomic E-state index is 11.2. The van der Waals surface area contributed by atoms with E-state index >= 15 is 0 Å². The molecule has 0 fully saturated rings. The molecule has 0 saturated carbocycles. The number of rotatable bonds is 1. The molecule has 0 radical (unpaired) electrons. The highest BCUT2D eigenvalue weighted by Gasteiger charge is 2.18. The lowest BCUT2D eigenvalue weighted by molar-refractivity contribution is -0.114. The van der Waals surface area contributed by atoms with Gasteiger partial charge in [-0.25, -0.2) is 4.98 Å². The Labute approximate surface area is 99.6 Å². The number of imidazole rings is 1. The number of nitrogens with zero attached hydrogens (tertiary/aromatic N) is 2. The molecule has 2 heterocycles. The van der Waals surface area contributed by atoms with Gasteiger partial charge in [-0.2, -0.15) is 0 Å². The van der Waals surface area contributed by atoms with E-state index in [1.807, 2.05) is 13.0 Å². The molecule has 4 heteroatoms.